The van der Waals surface area contributed by atoms with E-state index in [0.717, 1.165) is 30.2 Å². The number of rotatable bonds is 4. The van der Waals surface area contributed by atoms with Crippen LogP contribution in [0.5, 0.6) is 5.75 Å². The minimum Gasteiger partial charge on any atom is -0.493 e. The molecule has 1 saturated carbocycles. The van der Waals surface area contributed by atoms with Crippen LogP contribution in [0.15, 0.2) is 24.3 Å². The van der Waals surface area contributed by atoms with E-state index in [1.165, 1.54) is 31.2 Å². The zero-order valence-corrected chi connectivity index (χ0v) is 12.4. The van der Waals surface area contributed by atoms with Crippen molar-refractivity contribution in [3.05, 3.63) is 29.8 Å². The molecule has 19 heavy (non-hydrogen) atoms. The van der Waals surface area contributed by atoms with Gasteiger partial charge in [0.2, 0.25) is 0 Å². The second kappa shape index (κ2) is 6.19. The molecule has 1 aromatic carbocycles. The smallest absolute Gasteiger partial charge is 0.122 e. The highest BCUT2D eigenvalue weighted by Crippen LogP contribution is 2.33. The first-order valence-corrected chi connectivity index (χ1v) is 8.63. The molecular formula is C16H23NOS. The standard InChI is InChI=1S/C16H23NOS/c1-19-14-8-6-13(7-9-14)17-10-12-11-18-16-5-3-2-4-15(12)16/h2-5,12-14,17H,6-11H2,1H3. The SMILES string of the molecule is CSC1CCC(NCC2COc3ccccc32)CC1. The third-order valence-electron chi connectivity index (χ3n) is 4.46. The Balaban J connectivity index is 1.49. The molecule has 0 aromatic heterocycles. The molecule has 0 saturated heterocycles. The second-order valence-electron chi connectivity index (χ2n) is 5.66. The van der Waals surface area contributed by atoms with Crippen LogP contribution < -0.4 is 10.1 Å². The summed E-state index contributed by atoms with van der Waals surface area (Å²) in [6.45, 7) is 1.90. The Bertz CT molecular complexity index is 415. The normalized spacial score (nSPS) is 29.8. The summed E-state index contributed by atoms with van der Waals surface area (Å²) in [4.78, 5) is 0. The summed E-state index contributed by atoms with van der Waals surface area (Å²) in [5, 5.41) is 4.66. The van der Waals surface area contributed by atoms with E-state index in [1.54, 1.807) is 0 Å². The predicted octanol–water partition coefficient (Wildman–Crippen LogP) is 3.43. The van der Waals surface area contributed by atoms with Gasteiger partial charge in [-0.3, -0.25) is 0 Å². The average molecular weight is 277 g/mol. The van der Waals surface area contributed by atoms with Crippen LogP contribution in [-0.4, -0.2) is 30.7 Å². The molecular weight excluding hydrogens is 254 g/mol. The van der Waals surface area contributed by atoms with E-state index in [9.17, 15) is 0 Å². The zero-order chi connectivity index (χ0) is 13.1. The second-order valence-corrected chi connectivity index (χ2v) is 6.80. The van der Waals surface area contributed by atoms with E-state index < -0.39 is 0 Å². The number of thioether (sulfide) groups is 1. The molecule has 1 fully saturated rings. The maximum atomic E-state index is 5.74. The molecule has 1 aliphatic carbocycles. The van der Waals surface area contributed by atoms with Gasteiger partial charge < -0.3 is 10.1 Å². The highest BCUT2D eigenvalue weighted by atomic mass is 32.2. The monoisotopic (exact) mass is 277 g/mol. The number of nitrogens with one attached hydrogen (secondary N) is 1. The fourth-order valence-corrected chi connectivity index (χ4v) is 3.95. The Morgan fingerprint density at radius 3 is 2.79 bits per heavy atom. The summed E-state index contributed by atoms with van der Waals surface area (Å²) in [6, 6.07) is 9.18. The van der Waals surface area contributed by atoms with Crippen LogP contribution in [-0.2, 0) is 0 Å². The lowest BCUT2D eigenvalue weighted by atomic mass is 9.94. The number of hydrogen-bond donors (Lipinski definition) is 1. The summed E-state index contributed by atoms with van der Waals surface area (Å²) in [6.07, 6.45) is 7.65. The summed E-state index contributed by atoms with van der Waals surface area (Å²) < 4.78 is 5.74. The number of benzene rings is 1. The first-order valence-electron chi connectivity index (χ1n) is 7.34. The molecule has 2 aliphatic rings. The molecule has 1 atom stereocenters. The quantitative estimate of drug-likeness (QED) is 0.911. The van der Waals surface area contributed by atoms with E-state index >= 15 is 0 Å². The Morgan fingerprint density at radius 1 is 1.21 bits per heavy atom. The molecule has 3 heteroatoms. The number of ether oxygens (including phenoxy) is 1. The Labute approximate surface area is 120 Å². The Hall–Kier alpha value is -0.670. The fraction of sp³-hybridized carbons (Fsp3) is 0.625. The van der Waals surface area contributed by atoms with Crippen molar-refractivity contribution >= 4 is 11.8 Å². The Morgan fingerprint density at radius 2 is 2.00 bits per heavy atom. The number of fused-ring (bicyclic) bond motifs is 1. The van der Waals surface area contributed by atoms with Crippen LogP contribution in [0.1, 0.15) is 37.2 Å². The van der Waals surface area contributed by atoms with Crippen LogP contribution in [0.4, 0.5) is 0 Å². The first kappa shape index (κ1) is 13.3. The molecule has 1 aliphatic heterocycles. The van der Waals surface area contributed by atoms with Gasteiger partial charge in [-0.15, -0.1) is 0 Å². The van der Waals surface area contributed by atoms with Crippen molar-refractivity contribution in [2.45, 2.75) is 42.9 Å². The van der Waals surface area contributed by atoms with Crippen molar-refractivity contribution in [2.24, 2.45) is 0 Å². The van der Waals surface area contributed by atoms with Gasteiger partial charge in [-0.25, -0.2) is 0 Å². The molecule has 1 N–H and O–H groups in total. The summed E-state index contributed by atoms with van der Waals surface area (Å²) in [5.74, 6) is 1.62. The van der Waals surface area contributed by atoms with E-state index in [1.807, 2.05) is 11.8 Å². The first-order chi connectivity index (χ1) is 9.36. The van der Waals surface area contributed by atoms with Gasteiger partial charge in [-0.2, -0.15) is 11.8 Å². The summed E-state index contributed by atoms with van der Waals surface area (Å²) >= 11 is 2.03. The summed E-state index contributed by atoms with van der Waals surface area (Å²) in [7, 11) is 0. The van der Waals surface area contributed by atoms with Gasteiger partial charge in [0.1, 0.15) is 5.75 Å². The van der Waals surface area contributed by atoms with Gasteiger partial charge in [0.05, 0.1) is 6.61 Å². The molecule has 0 spiro atoms. The molecule has 2 nitrogen and oxygen atoms in total. The summed E-state index contributed by atoms with van der Waals surface area (Å²) in [5.41, 5.74) is 1.38. The van der Waals surface area contributed by atoms with Gasteiger partial charge >= 0.3 is 0 Å². The van der Waals surface area contributed by atoms with Gasteiger partial charge in [-0.1, -0.05) is 18.2 Å². The Kier molecular flexibility index (Phi) is 4.34. The molecule has 0 bridgehead atoms. The van der Waals surface area contributed by atoms with E-state index in [0.29, 0.717) is 5.92 Å². The lowest BCUT2D eigenvalue weighted by Gasteiger charge is -2.28. The van der Waals surface area contributed by atoms with E-state index in [2.05, 4.69) is 35.8 Å². The highest BCUT2D eigenvalue weighted by Gasteiger charge is 2.25. The number of para-hydroxylation sites is 1. The van der Waals surface area contributed by atoms with Gasteiger partial charge in [0.15, 0.2) is 0 Å². The molecule has 1 unspecified atom stereocenters. The van der Waals surface area contributed by atoms with Crippen LogP contribution in [0.2, 0.25) is 0 Å². The van der Waals surface area contributed by atoms with Crippen LogP contribution in [0, 0.1) is 0 Å². The van der Waals surface area contributed by atoms with Crippen LogP contribution in [0.25, 0.3) is 0 Å². The van der Waals surface area contributed by atoms with Crippen molar-refractivity contribution in [3.63, 3.8) is 0 Å². The largest absolute Gasteiger partial charge is 0.493 e. The minimum atomic E-state index is 0.537. The van der Waals surface area contributed by atoms with Gasteiger partial charge in [0, 0.05) is 29.3 Å². The molecule has 1 heterocycles. The lowest BCUT2D eigenvalue weighted by Crippen LogP contribution is -2.36. The molecule has 0 radical (unpaired) electrons. The molecule has 1 aromatic rings. The van der Waals surface area contributed by atoms with E-state index in [-0.39, 0.29) is 0 Å². The third kappa shape index (κ3) is 3.09. The van der Waals surface area contributed by atoms with Crippen molar-refractivity contribution in [3.8, 4) is 5.75 Å². The van der Waals surface area contributed by atoms with Crippen molar-refractivity contribution < 1.29 is 4.74 Å². The minimum absolute atomic E-state index is 0.537. The maximum Gasteiger partial charge on any atom is 0.122 e. The molecule has 104 valence electrons. The maximum absolute atomic E-state index is 5.74. The van der Waals surface area contributed by atoms with Crippen LogP contribution >= 0.6 is 11.8 Å². The van der Waals surface area contributed by atoms with Crippen molar-refractivity contribution in [1.82, 2.24) is 5.32 Å². The fourth-order valence-electron chi connectivity index (χ4n) is 3.21. The van der Waals surface area contributed by atoms with E-state index in [4.69, 9.17) is 4.74 Å². The number of hydrogen-bond acceptors (Lipinski definition) is 3. The van der Waals surface area contributed by atoms with Gasteiger partial charge in [0.25, 0.3) is 0 Å². The van der Waals surface area contributed by atoms with Gasteiger partial charge in [-0.05, 0) is 38.0 Å². The average Bonchev–Trinajstić information content (AvgIpc) is 2.89. The lowest BCUT2D eigenvalue weighted by molar-refractivity contribution is 0.311. The van der Waals surface area contributed by atoms with Crippen molar-refractivity contribution in [2.75, 3.05) is 19.4 Å². The van der Waals surface area contributed by atoms with Crippen molar-refractivity contribution in [1.29, 1.82) is 0 Å². The molecule has 0 amide bonds. The predicted molar refractivity (Wildman–Crippen MR) is 82.2 cm³/mol. The highest BCUT2D eigenvalue weighted by molar-refractivity contribution is 7.99. The zero-order valence-electron chi connectivity index (χ0n) is 11.6. The molecule has 3 rings (SSSR count). The van der Waals surface area contributed by atoms with Crippen LogP contribution in [0.3, 0.4) is 0 Å². The third-order valence-corrected chi connectivity index (χ3v) is 5.60. The topological polar surface area (TPSA) is 21.3 Å².